The molecule has 9 nitrogen and oxygen atoms in total. The maximum absolute atomic E-state index is 12.5. The molecule has 1 fully saturated rings. The lowest BCUT2D eigenvalue weighted by Gasteiger charge is -2.28. The lowest BCUT2D eigenvalue weighted by molar-refractivity contribution is -0.153. The SMILES string of the molecule is C[C@@H](OC(=O)C1=NN([C@@H]2CCS(=O)(=O)C2)C(=O)CC1)C(=O)N(C)Cc1ccccc1. The smallest absolute Gasteiger partial charge is 0.355 e. The van der Waals surface area contributed by atoms with Crippen molar-refractivity contribution in [3.8, 4) is 0 Å². The van der Waals surface area contributed by atoms with E-state index in [2.05, 4.69) is 5.10 Å². The standard InChI is InChI=1S/C20H25N3O6S/c1-14(19(25)22(2)12-15-6-4-3-5-7-15)29-20(26)17-8-9-18(24)23(21-17)16-10-11-30(27,28)13-16/h3-7,14,16H,8-13H2,1-2H3/t14-,16-/m1/s1. The van der Waals surface area contributed by atoms with Crippen LogP contribution in [0.3, 0.4) is 0 Å². The van der Waals surface area contributed by atoms with Crippen molar-refractivity contribution in [3.63, 3.8) is 0 Å². The summed E-state index contributed by atoms with van der Waals surface area (Å²) in [4.78, 5) is 38.7. The van der Waals surface area contributed by atoms with Gasteiger partial charge in [0.05, 0.1) is 17.5 Å². The van der Waals surface area contributed by atoms with Gasteiger partial charge in [0.1, 0.15) is 5.71 Å². The molecule has 30 heavy (non-hydrogen) atoms. The summed E-state index contributed by atoms with van der Waals surface area (Å²) < 4.78 is 28.7. The first kappa shape index (κ1) is 21.9. The fourth-order valence-electron chi connectivity index (χ4n) is 3.50. The van der Waals surface area contributed by atoms with E-state index in [1.54, 1.807) is 7.05 Å². The highest BCUT2D eigenvalue weighted by atomic mass is 32.2. The number of esters is 1. The van der Waals surface area contributed by atoms with Gasteiger partial charge in [-0.3, -0.25) is 9.59 Å². The van der Waals surface area contributed by atoms with E-state index in [9.17, 15) is 22.8 Å². The lowest BCUT2D eigenvalue weighted by Crippen LogP contribution is -2.43. The first-order valence-corrected chi connectivity index (χ1v) is 11.6. The molecule has 0 N–H and O–H groups in total. The Labute approximate surface area is 175 Å². The minimum Gasteiger partial charge on any atom is -0.448 e. The van der Waals surface area contributed by atoms with E-state index in [1.807, 2.05) is 30.3 Å². The molecule has 0 saturated carbocycles. The molecule has 0 bridgehead atoms. The van der Waals surface area contributed by atoms with Gasteiger partial charge in [-0.25, -0.2) is 18.2 Å². The molecule has 2 amide bonds. The van der Waals surface area contributed by atoms with Gasteiger partial charge in [-0.15, -0.1) is 0 Å². The highest BCUT2D eigenvalue weighted by molar-refractivity contribution is 7.91. The molecule has 2 aliphatic heterocycles. The quantitative estimate of drug-likeness (QED) is 0.609. The molecule has 1 saturated heterocycles. The summed E-state index contributed by atoms with van der Waals surface area (Å²) in [5.74, 6) is -1.62. The van der Waals surface area contributed by atoms with Crippen LogP contribution in [0.4, 0.5) is 0 Å². The zero-order valence-corrected chi connectivity index (χ0v) is 17.8. The van der Waals surface area contributed by atoms with Crippen LogP contribution in [0.1, 0.15) is 31.7 Å². The second-order valence-corrected chi connectivity index (χ2v) is 9.80. The fourth-order valence-corrected chi connectivity index (χ4v) is 5.19. The minimum atomic E-state index is -3.20. The van der Waals surface area contributed by atoms with Gasteiger partial charge in [-0.1, -0.05) is 30.3 Å². The molecule has 2 aliphatic rings. The highest BCUT2D eigenvalue weighted by Gasteiger charge is 2.38. The van der Waals surface area contributed by atoms with Gasteiger partial charge in [-0.2, -0.15) is 5.10 Å². The van der Waals surface area contributed by atoms with E-state index >= 15 is 0 Å². The van der Waals surface area contributed by atoms with Gasteiger partial charge in [-0.05, 0) is 18.9 Å². The Morgan fingerprint density at radius 1 is 1.27 bits per heavy atom. The largest absolute Gasteiger partial charge is 0.448 e. The molecule has 1 aromatic carbocycles. The first-order valence-electron chi connectivity index (χ1n) is 9.76. The second-order valence-electron chi connectivity index (χ2n) is 7.57. The average molecular weight is 436 g/mol. The number of hydrogen-bond acceptors (Lipinski definition) is 7. The lowest BCUT2D eigenvalue weighted by atomic mass is 10.1. The van der Waals surface area contributed by atoms with Crippen molar-refractivity contribution in [1.82, 2.24) is 9.91 Å². The molecule has 1 aromatic rings. The van der Waals surface area contributed by atoms with Crippen LogP contribution in [0.2, 0.25) is 0 Å². The van der Waals surface area contributed by atoms with Crippen LogP contribution < -0.4 is 0 Å². The average Bonchev–Trinajstić information content (AvgIpc) is 3.07. The number of ether oxygens (including phenoxy) is 1. The van der Waals surface area contributed by atoms with Crippen molar-refractivity contribution in [1.29, 1.82) is 0 Å². The van der Waals surface area contributed by atoms with Gasteiger partial charge in [0.15, 0.2) is 15.9 Å². The fraction of sp³-hybridized carbons (Fsp3) is 0.500. The zero-order chi connectivity index (χ0) is 21.9. The summed E-state index contributed by atoms with van der Waals surface area (Å²) in [6.07, 6.45) is -0.597. The third kappa shape index (κ3) is 5.24. The van der Waals surface area contributed by atoms with Crippen LogP contribution in [0.5, 0.6) is 0 Å². The second kappa shape index (κ2) is 8.95. The van der Waals surface area contributed by atoms with Crippen molar-refractivity contribution in [2.75, 3.05) is 18.6 Å². The molecule has 2 heterocycles. The summed E-state index contributed by atoms with van der Waals surface area (Å²) in [6.45, 7) is 1.86. The predicted octanol–water partition coefficient (Wildman–Crippen LogP) is 0.742. The van der Waals surface area contributed by atoms with Crippen molar-refractivity contribution in [2.24, 2.45) is 5.10 Å². The van der Waals surface area contributed by atoms with E-state index in [-0.39, 0.29) is 41.9 Å². The molecule has 0 spiro atoms. The molecular weight excluding hydrogens is 410 g/mol. The van der Waals surface area contributed by atoms with Crippen LogP contribution in [0.15, 0.2) is 35.4 Å². The molecule has 2 atom stereocenters. The topological polar surface area (TPSA) is 113 Å². The van der Waals surface area contributed by atoms with Gasteiger partial charge in [0.2, 0.25) is 5.91 Å². The number of hydrogen-bond donors (Lipinski definition) is 0. The minimum absolute atomic E-state index is 0.00394. The van der Waals surface area contributed by atoms with Gasteiger partial charge in [0, 0.05) is 26.4 Å². The van der Waals surface area contributed by atoms with Crippen molar-refractivity contribution >= 4 is 33.3 Å². The van der Waals surface area contributed by atoms with Gasteiger partial charge < -0.3 is 9.64 Å². The van der Waals surface area contributed by atoms with E-state index in [1.165, 1.54) is 11.8 Å². The Bertz CT molecular complexity index is 960. The normalized spacial score (nSPS) is 21.7. The number of carbonyl (C=O) groups excluding carboxylic acids is 3. The van der Waals surface area contributed by atoms with Gasteiger partial charge in [0.25, 0.3) is 5.91 Å². The van der Waals surface area contributed by atoms with Crippen LogP contribution in [-0.2, 0) is 35.5 Å². The highest BCUT2D eigenvalue weighted by Crippen LogP contribution is 2.22. The zero-order valence-electron chi connectivity index (χ0n) is 17.0. The van der Waals surface area contributed by atoms with Crippen LogP contribution in [-0.4, -0.2) is 72.5 Å². The van der Waals surface area contributed by atoms with Crippen molar-refractivity contribution < 1.29 is 27.5 Å². The van der Waals surface area contributed by atoms with Crippen LogP contribution in [0, 0.1) is 0 Å². The molecule has 162 valence electrons. The summed E-state index contributed by atoms with van der Waals surface area (Å²) in [5.41, 5.74) is 0.966. The molecular formula is C20H25N3O6S. The Hall–Kier alpha value is -2.75. The number of rotatable bonds is 6. The molecule has 0 aliphatic carbocycles. The Kier molecular flexibility index (Phi) is 6.55. The molecule has 0 radical (unpaired) electrons. The first-order chi connectivity index (χ1) is 14.2. The number of amides is 2. The maximum Gasteiger partial charge on any atom is 0.355 e. The monoisotopic (exact) mass is 435 g/mol. The third-order valence-electron chi connectivity index (χ3n) is 5.12. The summed E-state index contributed by atoms with van der Waals surface area (Å²) >= 11 is 0. The molecule has 0 unspecified atom stereocenters. The number of carbonyl (C=O) groups is 3. The van der Waals surface area contributed by atoms with Crippen molar-refractivity contribution in [3.05, 3.63) is 35.9 Å². The van der Waals surface area contributed by atoms with Gasteiger partial charge >= 0.3 is 5.97 Å². The Balaban J connectivity index is 1.62. The number of hydrazone groups is 1. The number of benzene rings is 1. The Morgan fingerprint density at radius 2 is 1.97 bits per heavy atom. The third-order valence-corrected chi connectivity index (χ3v) is 6.87. The molecule has 0 aromatic heterocycles. The van der Waals surface area contributed by atoms with E-state index in [0.29, 0.717) is 13.0 Å². The number of sulfone groups is 1. The molecule has 10 heteroatoms. The Morgan fingerprint density at radius 3 is 2.60 bits per heavy atom. The summed E-state index contributed by atoms with van der Waals surface area (Å²) in [5, 5.41) is 5.17. The van der Waals surface area contributed by atoms with E-state index in [4.69, 9.17) is 4.74 Å². The van der Waals surface area contributed by atoms with Crippen LogP contribution in [0.25, 0.3) is 0 Å². The van der Waals surface area contributed by atoms with Crippen molar-refractivity contribution in [2.45, 2.75) is 44.9 Å². The van der Waals surface area contributed by atoms with E-state index < -0.39 is 28.0 Å². The number of likely N-dealkylation sites (N-methyl/N-ethyl adjacent to an activating group) is 1. The van der Waals surface area contributed by atoms with E-state index in [0.717, 1.165) is 10.6 Å². The van der Waals surface area contributed by atoms with Crippen LogP contribution >= 0.6 is 0 Å². The molecule has 3 rings (SSSR count). The maximum atomic E-state index is 12.5. The number of nitrogens with zero attached hydrogens (tertiary/aromatic N) is 3. The predicted molar refractivity (Wildman–Crippen MR) is 109 cm³/mol. The summed E-state index contributed by atoms with van der Waals surface area (Å²) in [7, 11) is -1.58. The summed E-state index contributed by atoms with van der Waals surface area (Å²) in [6, 6.07) is 8.86.